The Hall–Kier alpha value is 0.507. The lowest BCUT2D eigenvalue weighted by atomic mass is 10.4. The molecule has 0 aromatic carbocycles. The Morgan fingerprint density at radius 3 is 2.00 bits per heavy atom. The Kier molecular flexibility index (Phi) is 3.44. The van der Waals surface area contributed by atoms with Crippen LogP contribution >= 0.6 is 11.1 Å². The van der Waals surface area contributed by atoms with Crippen molar-refractivity contribution in [2.75, 3.05) is 0 Å². The number of hydrogen-bond acceptors (Lipinski definition) is 0. The summed E-state index contributed by atoms with van der Waals surface area (Å²) in [6, 6.07) is 2.55. The Morgan fingerprint density at radius 2 is 1.64 bits per heavy atom. The van der Waals surface area contributed by atoms with E-state index in [0.717, 1.165) is 5.54 Å². The van der Waals surface area contributed by atoms with Crippen LogP contribution < -0.4 is 0 Å². The predicted octanol–water partition coefficient (Wildman–Crippen LogP) is 4.15. The molecule has 1 fully saturated rings. The number of halogens is 1. The van der Waals surface area contributed by atoms with Crippen LogP contribution in [0, 0.1) is 0 Å². The molecule has 1 aliphatic carbocycles. The quantitative estimate of drug-likeness (QED) is 0.463. The molecule has 0 aromatic rings. The third kappa shape index (κ3) is 2.00. The second-order valence-corrected chi connectivity index (χ2v) is 10.3. The van der Waals surface area contributed by atoms with Gasteiger partial charge in [-0.25, -0.2) is 0 Å². The minimum atomic E-state index is -1.29. The maximum absolute atomic E-state index is 6.65. The molecule has 0 nitrogen and oxygen atoms in total. The van der Waals surface area contributed by atoms with Crippen molar-refractivity contribution in [2.24, 2.45) is 0 Å². The van der Waals surface area contributed by atoms with Crippen molar-refractivity contribution in [1.29, 1.82) is 0 Å². The molecule has 66 valence electrons. The van der Waals surface area contributed by atoms with Gasteiger partial charge in [-0.2, -0.15) is 11.1 Å². The molecule has 0 aromatic heterocycles. The summed E-state index contributed by atoms with van der Waals surface area (Å²) in [6.07, 6.45) is 5.73. The van der Waals surface area contributed by atoms with E-state index < -0.39 is 7.38 Å². The molecule has 0 radical (unpaired) electrons. The van der Waals surface area contributed by atoms with Gasteiger partial charge in [0.25, 0.3) is 0 Å². The normalized spacial score (nSPS) is 21.0. The van der Waals surface area contributed by atoms with E-state index >= 15 is 0 Å². The zero-order valence-corrected chi connectivity index (χ0v) is 9.45. The molecular weight excluding hydrogens is 172 g/mol. The summed E-state index contributed by atoms with van der Waals surface area (Å²) in [5.41, 5.74) is 0.944. The molecule has 0 amide bonds. The van der Waals surface area contributed by atoms with Crippen molar-refractivity contribution in [1.82, 2.24) is 0 Å². The van der Waals surface area contributed by atoms with Crippen LogP contribution in [0.25, 0.3) is 0 Å². The summed E-state index contributed by atoms with van der Waals surface area (Å²) in [4.78, 5) is 0. The van der Waals surface area contributed by atoms with Crippen molar-refractivity contribution in [2.45, 2.75) is 57.2 Å². The largest absolute Gasteiger partial charge is 0.167 e. The van der Waals surface area contributed by atoms with E-state index in [2.05, 4.69) is 13.8 Å². The third-order valence-electron chi connectivity index (χ3n) is 3.26. The molecule has 1 saturated carbocycles. The lowest BCUT2D eigenvalue weighted by molar-refractivity contribution is 0.833. The first-order valence-corrected chi connectivity index (χ1v) is 8.42. The SMILES string of the molecule is CC[Si](Cl)(CC)C1CCCC1. The Morgan fingerprint density at radius 1 is 1.18 bits per heavy atom. The molecule has 0 N–H and O–H groups in total. The fourth-order valence-corrected chi connectivity index (χ4v) is 6.02. The highest BCUT2D eigenvalue weighted by molar-refractivity contribution is 7.21. The monoisotopic (exact) mass is 190 g/mol. The van der Waals surface area contributed by atoms with Gasteiger partial charge >= 0.3 is 0 Å². The van der Waals surface area contributed by atoms with E-state index in [1.165, 1.54) is 37.8 Å². The fourth-order valence-electron chi connectivity index (χ4n) is 2.27. The van der Waals surface area contributed by atoms with Gasteiger partial charge in [0, 0.05) is 0 Å². The lowest BCUT2D eigenvalue weighted by Crippen LogP contribution is -2.30. The van der Waals surface area contributed by atoms with E-state index in [9.17, 15) is 0 Å². The zero-order chi connectivity index (χ0) is 8.32. The van der Waals surface area contributed by atoms with Crippen molar-refractivity contribution < 1.29 is 0 Å². The molecule has 11 heavy (non-hydrogen) atoms. The van der Waals surface area contributed by atoms with E-state index in [0.29, 0.717) is 0 Å². The van der Waals surface area contributed by atoms with Gasteiger partial charge in [-0.1, -0.05) is 39.5 Å². The van der Waals surface area contributed by atoms with Crippen LogP contribution in [0.1, 0.15) is 39.5 Å². The minimum absolute atomic E-state index is 0.944. The van der Waals surface area contributed by atoms with Gasteiger partial charge in [-0.15, -0.1) is 0 Å². The predicted molar refractivity (Wildman–Crippen MR) is 54.8 cm³/mol. The first-order valence-electron chi connectivity index (χ1n) is 4.92. The van der Waals surface area contributed by atoms with Gasteiger partial charge in [-0.3, -0.25) is 0 Å². The summed E-state index contributed by atoms with van der Waals surface area (Å²) in [7, 11) is -1.29. The highest BCUT2D eigenvalue weighted by Gasteiger charge is 2.37. The smallest absolute Gasteiger partial charge is 0.159 e. The Labute approximate surface area is 76.0 Å². The van der Waals surface area contributed by atoms with Crippen molar-refractivity contribution >= 4 is 18.5 Å². The minimum Gasteiger partial charge on any atom is -0.167 e. The van der Waals surface area contributed by atoms with Crippen molar-refractivity contribution in [3.05, 3.63) is 0 Å². The molecule has 1 aliphatic rings. The van der Waals surface area contributed by atoms with Gasteiger partial charge in [0.2, 0.25) is 0 Å². The van der Waals surface area contributed by atoms with E-state index in [1.807, 2.05) is 0 Å². The molecule has 1 rings (SSSR count). The van der Waals surface area contributed by atoms with E-state index in [4.69, 9.17) is 11.1 Å². The van der Waals surface area contributed by atoms with Crippen LogP contribution in [0.5, 0.6) is 0 Å². The highest BCUT2D eigenvalue weighted by Crippen LogP contribution is 2.44. The van der Waals surface area contributed by atoms with Crippen molar-refractivity contribution in [3.8, 4) is 0 Å². The van der Waals surface area contributed by atoms with Crippen LogP contribution in [0.2, 0.25) is 17.6 Å². The Bertz CT molecular complexity index is 115. The van der Waals surface area contributed by atoms with Crippen LogP contribution in [0.4, 0.5) is 0 Å². The van der Waals surface area contributed by atoms with Crippen LogP contribution in [0.3, 0.4) is 0 Å². The van der Waals surface area contributed by atoms with Crippen LogP contribution in [-0.4, -0.2) is 7.38 Å². The maximum Gasteiger partial charge on any atom is 0.159 e. The fraction of sp³-hybridized carbons (Fsp3) is 1.00. The molecule has 0 atom stereocenters. The summed E-state index contributed by atoms with van der Waals surface area (Å²) >= 11 is 6.65. The summed E-state index contributed by atoms with van der Waals surface area (Å²) < 4.78 is 0. The summed E-state index contributed by atoms with van der Waals surface area (Å²) in [6.45, 7) is 4.56. The van der Waals surface area contributed by atoms with E-state index in [-0.39, 0.29) is 0 Å². The first-order chi connectivity index (χ1) is 5.23. The molecular formula is C9H19ClSi. The van der Waals surface area contributed by atoms with Gasteiger partial charge in [0.05, 0.1) is 0 Å². The lowest BCUT2D eigenvalue weighted by Gasteiger charge is -2.27. The first kappa shape index (κ1) is 9.59. The van der Waals surface area contributed by atoms with Crippen molar-refractivity contribution in [3.63, 3.8) is 0 Å². The number of rotatable bonds is 3. The molecule has 0 aliphatic heterocycles. The Balaban J connectivity index is 2.52. The van der Waals surface area contributed by atoms with Gasteiger partial charge in [0.15, 0.2) is 7.38 Å². The average molecular weight is 191 g/mol. The maximum atomic E-state index is 6.65. The zero-order valence-electron chi connectivity index (χ0n) is 7.70. The molecule has 0 spiro atoms. The van der Waals surface area contributed by atoms with Crippen LogP contribution in [-0.2, 0) is 0 Å². The second kappa shape index (κ2) is 3.95. The topological polar surface area (TPSA) is 0 Å². The van der Waals surface area contributed by atoms with Gasteiger partial charge in [0.1, 0.15) is 0 Å². The third-order valence-corrected chi connectivity index (χ3v) is 10.2. The summed E-state index contributed by atoms with van der Waals surface area (Å²) in [5, 5.41) is 0. The molecule has 0 unspecified atom stereocenters. The van der Waals surface area contributed by atoms with E-state index in [1.54, 1.807) is 0 Å². The average Bonchev–Trinajstić information content (AvgIpc) is 2.55. The standard InChI is InChI=1S/C9H19ClSi/c1-3-11(10,4-2)9-7-5-6-8-9/h9H,3-8H2,1-2H3. The molecule has 0 saturated heterocycles. The van der Waals surface area contributed by atoms with Crippen LogP contribution in [0.15, 0.2) is 0 Å². The summed E-state index contributed by atoms with van der Waals surface area (Å²) in [5.74, 6) is 0. The van der Waals surface area contributed by atoms with Gasteiger partial charge in [-0.05, 0) is 17.6 Å². The molecule has 2 heteroatoms. The second-order valence-electron chi connectivity index (χ2n) is 3.72. The molecule has 0 heterocycles. The number of hydrogen-bond donors (Lipinski definition) is 0. The molecule has 0 bridgehead atoms. The highest BCUT2D eigenvalue weighted by atomic mass is 35.6. The van der Waals surface area contributed by atoms with Gasteiger partial charge < -0.3 is 0 Å².